The average molecular weight is 232 g/mol. The van der Waals surface area contributed by atoms with E-state index in [1.54, 1.807) is 19.5 Å². The van der Waals surface area contributed by atoms with Crippen molar-refractivity contribution in [3.8, 4) is 5.75 Å². The molecule has 0 saturated heterocycles. The maximum atomic E-state index is 5.33. The number of ether oxygens (including phenoxy) is 1. The van der Waals surface area contributed by atoms with Gasteiger partial charge in [-0.1, -0.05) is 0 Å². The van der Waals surface area contributed by atoms with Crippen molar-refractivity contribution >= 4 is 0 Å². The fourth-order valence-corrected chi connectivity index (χ4v) is 1.84. The van der Waals surface area contributed by atoms with E-state index in [2.05, 4.69) is 15.3 Å². The fourth-order valence-electron chi connectivity index (χ4n) is 1.84. The van der Waals surface area contributed by atoms with Crippen molar-refractivity contribution < 1.29 is 4.74 Å². The third-order valence-electron chi connectivity index (χ3n) is 2.70. The van der Waals surface area contributed by atoms with Crippen LogP contribution < -0.4 is 10.1 Å². The highest BCUT2D eigenvalue weighted by atomic mass is 16.5. The lowest BCUT2D eigenvalue weighted by atomic mass is 10.1. The minimum absolute atomic E-state index is 0.0776. The molecule has 1 N–H and O–H groups in total. The van der Waals surface area contributed by atoms with E-state index in [1.165, 1.54) is 0 Å². The van der Waals surface area contributed by atoms with Crippen molar-refractivity contribution in [3.63, 3.8) is 0 Å². The van der Waals surface area contributed by atoms with Crippen molar-refractivity contribution in [2.45, 2.75) is 6.04 Å². The van der Waals surface area contributed by atoms with E-state index >= 15 is 0 Å². The van der Waals surface area contributed by atoms with Gasteiger partial charge >= 0.3 is 0 Å². The Morgan fingerprint density at radius 2 is 2.18 bits per heavy atom. The molecular formula is C12H16N4O. The highest BCUT2D eigenvalue weighted by Crippen LogP contribution is 2.26. The molecule has 2 rings (SSSR count). The van der Waals surface area contributed by atoms with Crippen LogP contribution in [0.2, 0.25) is 0 Å². The van der Waals surface area contributed by atoms with Crippen molar-refractivity contribution in [1.82, 2.24) is 19.9 Å². The van der Waals surface area contributed by atoms with Crippen molar-refractivity contribution in [1.29, 1.82) is 0 Å². The molecular weight excluding hydrogens is 216 g/mol. The summed E-state index contributed by atoms with van der Waals surface area (Å²) in [5.41, 5.74) is 0.840. The monoisotopic (exact) mass is 232 g/mol. The third-order valence-corrected chi connectivity index (χ3v) is 2.70. The maximum Gasteiger partial charge on any atom is 0.142 e. The number of aryl methyl sites for hydroxylation is 1. The molecule has 2 heterocycles. The van der Waals surface area contributed by atoms with E-state index in [4.69, 9.17) is 4.74 Å². The first-order chi connectivity index (χ1) is 8.27. The molecule has 0 saturated carbocycles. The number of imidazole rings is 1. The standard InChI is InChI=1S/C12H16N4O/c1-13-11(12-15-7-8-16(12)2)10-9(17-3)5-4-6-14-10/h4-8,11,13H,1-3H3. The number of nitrogens with zero attached hydrogens (tertiary/aromatic N) is 3. The van der Waals surface area contributed by atoms with Crippen LogP contribution in [0.15, 0.2) is 30.7 Å². The van der Waals surface area contributed by atoms with Gasteiger partial charge in [0.2, 0.25) is 0 Å². The van der Waals surface area contributed by atoms with Crippen molar-refractivity contribution in [2.75, 3.05) is 14.2 Å². The predicted octanol–water partition coefficient (Wildman–Crippen LogP) is 1.13. The first-order valence-electron chi connectivity index (χ1n) is 5.41. The molecule has 0 spiro atoms. The maximum absolute atomic E-state index is 5.33. The summed E-state index contributed by atoms with van der Waals surface area (Å²) in [6.45, 7) is 0. The minimum Gasteiger partial charge on any atom is -0.495 e. The van der Waals surface area contributed by atoms with Gasteiger partial charge in [0.1, 0.15) is 23.3 Å². The quantitative estimate of drug-likeness (QED) is 0.858. The zero-order chi connectivity index (χ0) is 12.3. The number of rotatable bonds is 4. The SMILES string of the molecule is CNC(c1ncccc1OC)c1nccn1C. The zero-order valence-electron chi connectivity index (χ0n) is 10.2. The van der Waals surface area contributed by atoms with E-state index in [9.17, 15) is 0 Å². The second-order valence-electron chi connectivity index (χ2n) is 3.71. The van der Waals surface area contributed by atoms with Crippen LogP contribution in [0.5, 0.6) is 5.75 Å². The normalized spacial score (nSPS) is 12.4. The number of pyridine rings is 1. The second-order valence-corrected chi connectivity index (χ2v) is 3.71. The summed E-state index contributed by atoms with van der Waals surface area (Å²) in [6.07, 6.45) is 5.44. The molecule has 1 atom stereocenters. The largest absolute Gasteiger partial charge is 0.495 e. The van der Waals surface area contributed by atoms with Crippen molar-refractivity contribution in [2.24, 2.45) is 7.05 Å². The molecule has 0 radical (unpaired) electrons. The molecule has 2 aromatic rings. The molecule has 0 aliphatic carbocycles. The first-order valence-corrected chi connectivity index (χ1v) is 5.41. The van der Waals surface area contributed by atoms with E-state index < -0.39 is 0 Å². The smallest absolute Gasteiger partial charge is 0.142 e. The molecule has 5 nitrogen and oxygen atoms in total. The van der Waals surface area contributed by atoms with Crippen molar-refractivity contribution in [3.05, 3.63) is 42.2 Å². The molecule has 90 valence electrons. The Balaban J connectivity index is 2.46. The van der Waals surface area contributed by atoms with Crippen LogP contribution in [0.4, 0.5) is 0 Å². The van der Waals surface area contributed by atoms with Crippen LogP contribution in [0.3, 0.4) is 0 Å². The Hall–Kier alpha value is -1.88. The number of hydrogen-bond acceptors (Lipinski definition) is 4. The summed E-state index contributed by atoms with van der Waals surface area (Å²) < 4.78 is 7.29. The minimum atomic E-state index is -0.0776. The summed E-state index contributed by atoms with van der Waals surface area (Å²) in [5.74, 6) is 1.67. The Kier molecular flexibility index (Phi) is 3.39. The van der Waals surface area contributed by atoms with Gasteiger partial charge in [-0.25, -0.2) is 4.98 Å². The van der Waals surface area contributed by atoms with Crippen LogP contribution in [0.1, 0.15) is 17.6 Å². The molecule has 17 heavy (non-hydrogen) atoms. The summed E-state index contributed by atoms with van der Waals surface area (Å²) >= 11 is 0. The van der Waals surface area contributed by atoms with Gasteiger partial charge in [-0.2, -0.15) is 0 Å². The lowest BCUT2D eigenvalue weighted by Gasteiger charge is -2.17. The van der Waals surface area contributed by atoms with E-state index in [0.717, 1.165) is 17.3 Å². The predicted molar refractivity (Wildman–Crippen MR) is 64.9 cm³/mol. The van der Waals surface area contributed by atoms with Crippen LogP contribution in [-0.2, 0) is 7.05 Å². The Morgan fingerprint density at radius 3 is 2.76 bits per heavy atom. The van der Waals surface area contributed by atoms with Crippen LogP contribution in [-0.4, -0.2) is 28.7 Å². The van der Waals surface area contributed by atoms with E-state index in [1.807, 2.05) is 37.0 Å². The molecule has 0 fully saturated rings. The zero-order valence-corrected chi connectivity index (χ0v) is 10.2. The first kappa shape index (κ1) is 11.6. The number of methoxy groups -OCH3 is 1. The van der Waals surface area contributed by atoms with Gasteiger partial charge in [0.05, 0.1) is 7.11 Å². The summed E-state index contributed by atoms with van der Waals surface area (Å²) in [7, 11) is 5.49. The number of nitrogens with one attached hydrogen (secondary N) is 1. The van der Waals surface area contributed by atoms with Crippen LogP contribution in [0, 0.1) is 0 Å². The molecule has 0 bridgehead atoms. The fraction of sp³-hybridized carbons (Fsp3) is 0.333. The lowest BCUT2D eigenvalue weighted by molar-refractivity contribution is 0.400. The molecule has 0 amide bonds. The highest BCUT2D eigenvalue weighted by Gasteiger charge is 2.21. The Labute approximate surface area is 100 Å². The summed E-state index contributed by atoms with van der Waals surface area (Å²) in [4.78, 5) is 8.72. The van der Waals surface area contributed by atoms with Gasteiger partial charge in [-0.15, -0.1) is 0 Å². The van der Waals surface area contributed by atoms with Gasteiger partial charge in [-0.3, -0.25) is 4.98 Å². The van der Waals surface area contributed by atoms with E-state index in [-0.39, 0.29) is 6.04 Å². The van der Waals surface area contributed by atoms with Gasteiger partial charge in [0.25, 0.3) is 0 Å². The van der Waals surface area contributed by atoms with Gasteiger partial charge < -0.3 is 14.6 Å². The van der Waals surface area contributed by atoms with Crippen LogP contribution >= 0.6 is 0 Å². The number of aromatic nitrogens is 3. The second kappa shape index (κ2) is 4.97. The van der Waals surface area contributed by atoms with Gasteiger partial charge in [0.15, 0.2) is 0 Å². The van der Waals surface area contributed by atoms with Crippen LogP contribution in [0.25, 0.3) is 0 Å². The molecule has 0 aliphatic rings. The highest BCUT2D eigenvalue weighted by molar-refractivity contribution is 5.33. The van der Waals surface area contributed by atoms with Gasteiger partial charge in [-0.05, 0) is 19.2 Å². The lowest BCUT2D eigenvalue weighted by Crippen LogP contribution is -2.22. The average Bonchev–Trinajstić information content (AvgIpc) is 2.78. The van der Waals surface area contributed by atoms with Gasteiger partial charge in [0, 0.05) is 25.6 Å². The molecule has 5 heteroatoms. The molecule has 0 aromatic carbocycles. The summed E-state index contributed by atoms with van der Waals surface area (Å²) in [5, 5.41) is 3.21. The molecule has 0 aliphatic heterocycles. The summed E-state index contributed by atoms with van der Waals surface area (Å²) in [6, 6.07) is 3.68. The third kappa shape index (κ3) is 2.14. The topological polar surface area (TPSA) is 52.0 Å². The Morgan fingerprint density at radius 1 is 1.35 bits per heavy atom. The molecule has 2 aromatic heterocycles. The Bertz CT molecular complexity index is 495. The van der Waals surface area contributed by atoms with E-state index in [0.29, 0.717) is 0 Å². The molecule has 1 unspecified atom stereocenters. The number of hydrogen-bond donors (Lipinski definition) is 1.